The number of carbonyl (C=O) groups is 2. The summed E-state index contributed by atoms with van der Waals surface area (Å²) < 4.78 is 19.1. The molecule has 1 aliphatic heterocycles. The lowest BCUT2D eigenvalue weighted by molar-refractivity contribution is -0.128. The van der Waals surface area contributed by atoms with Gasteiger partial charge in [0, 0.05) is 25.9 Å². The molecule has 0 radical (unpaired) electrons. The first-order valence-corrected chi connectivity index (χ1v) is 9.56. The molecule has 1 aromatic carbocycles. The number of rotatable bonds is 8. The molecule has 0 bridgehead atoms. The quantitative estimate of drug-likeness (QED) is 0.727. The van der Waals surface area contributed by atoms with E-state index in [4.69, 9.17) is 4.74 Å². The van der Waals surface area contributed by atoms with Crippen LogP contribution in [0, 0.1) is 11.7 Å². The smallest absolute Gasteiger partial charge is 0.222 e. The van der Waals surface area contributed by atoms with E-state index < -0.39 is 5.82 Å². The molecule has 2 aliphatic rings. The Kier molecular flexibility index (Phi) is 6.31. The maximum atomic E-state index is 14.1. The van der Waals surface area contributed by atoms with Crippen molar-refractivity contribution in [3.63, 3.8) is 0 Å². The van der Waals surface area contributed by atoms with Gasteiger partial charge in [-0.15, -0.1) is 0 Å². The number of likely N-dealkylation sites (tertiary alicyclic amines) is 1. The minimum atomic E-state index is -0.471. The Hall–Kier alpha value is -2.15. The molecule has 1 atom stereocenters. The Bertz CT molecular complexity index is 691. The lowest BCUT2D eigenvalue weighted by Gasteiger charge is -2.38. The molecule has 1 aromatic rings. The van der Waals surface area contributed by atoms with Crippen LogP contribution in [0.2, 0.25) is 0 Å². The van der Waals surface area contributed by atoms with Gasteiger partial charge in [-0.3, -0.25) is 9.59 Å². The van der Waals surface area contributed by atoms with E-state index >= 15 is 0 Å². The van der Waals surface area contributed by atoms with Crippen molar-refractivity contribution in [2.24, 2.45) is 5.92 Å². The van der Waals surface area contributed by atoms with E-state index in [2.05, 4.69) is 5.32 Å². The van der Waals surface area contributed by atoms with Crippen molar-refractivity contribution in [2.45, 2.75) is 50.7 Å². The molecular formula is C20H27FN2O4. The highest BCUT2D eigenvalue weighted by Gasteiger charge is 2.36. The standard InChI is InChI=1S/C20H27FN2O4/c1-27-17-7-6-13(12-16(17)21)20(14-10-15(24)11-14)22-18(25)4-2-8-23-9-3-5-19(23)26/h6-7,12,14-15,20,24H,2-5,8-11H2,1H3,(H,22,25). The molecule has 6 nitrogen and oxygen atoms in total. The minimum absolute atomic E-state index is 0.0805. The number of benzene rings is 1. The predicted molar refractivity (Wildman–Crippen MR) is 97.6 cm³/mol. The Balaban J connectivity index is 1.59. The van der Waals surface area contributed by atoms with E-state index in [0.717, 1.165) is 13.0 Å². The van der Waals surface area contributed by atoms with Gasteiger partial charge >= 0.3 is 0 Å². The van der Waals surface area contributed by atoms with Gasteiger partial charge < -0.3 is 20.1 Å². The molecule has 2 amide bonds. The molecule has 1 aliphatic carbocycles. The highest BCUT2D eigenvalue weighted by Crippen LogP contribution is 2.39. The van der Waals surface area contributed by atoms with E-state index in [1.54, 1.807) is 17.0 Å². The van der Waals surface area contributed by atoms with Crippen LogP contribution >= 0.6 is 0 Å². The van der Waals surface area contributed by atoms with Crippen molar-refractivity contribution >= 4 is 11.8 Å². The van der Waals surface area contributed by atoms with Crippen LogP contribution in [-0.2, 0) is 9.59 Å². The third-order valence-corrected chi connectivity index (χ3v) is 5.48. The first-order valence-electron chi connectivity index (χ1n) is 9.56. The average Bonchev–Trinajstić information content (AvgIpc) is 3.02. The van der Waals surface area contributed by atoms with Crippen molar-refractivity contribution in [1.29, 1.82) is 0 Å². The number of ether oxygens (including phenoxy) is 1. The van der Waals surface area contributed by atoms with Crippen LogP contribution < -0.4 is 10.1 Å². The van der Waals surface area contributed by atoms with Crippen molar-refractivity contribution in [1.82, 2.24) is 10.2 Å². The molecule has 2 N–H and O–H groups in total. The van der Waals surface area contributed by atoms with Crippen molar-refractivity contribution in [3.8, 4) is 5.75 Å². The van der Waals surface area contributed by atoms with Crippen molar-refractivity contribution < 1.29 is 23.8 Å². The predicted octanol–water partition coefficient (Wildman–Crippen LogP) is 2.17. The molecule has 2 fully saturated rings. The number of methoxy groups -OCH3 is 1. The van der Waals surface area contributed by atoms with E-state index in [1.807, 2.05) is 0 Å². The van der Waals surface area contributed by atoms with Crippen LogP contribution in [0.4, 0.5) is 4.39 Å². The van der Waals surface area contributed by atoms with Crippen molar-refractivity contribution in [3.05, 3.63) is 29.6 Å². The largest absolute Gasteiger partial charge is 0.494 e. The van der Waals surface area contributed by atoms with Gasteiger partial charge in [-0.25, -0.2) is 4.39 Å². The van der Waals surface area contributed by atoms with E-state index in [-0.39, 0.29) is 35.6 Å². The van der Waals surface area contributed by atoms with Gasteiger partial charge in [-0.05, 0) is 49.3 Å². The van der Waals surface area contributed by atoms with Gasteiger partial charge in [-0.2, -0.15) is 0 Å². The number of hydrogen-bond acceptors (Lipinski definition) is 4. The third kappa shape index (κ3) is 4.77. The summed E-state index contributed by atoms with van der Waals surface area (Å²) in [5.41, 5.74) is 0.674. The summed E-state index contributed by atoms with van der Waals surface area (Å²) in [4.78, 5) is 25.8. The number of carbonyl (C=O) groups excluding carboxylic acids is 2. The Labute approximate surface area is 158 Å². The molecule has 1 unspecified atom stereocenters. The number of hydrogen-bond donors (Lipinski definition) is 2. The zero-order valence-corrected chi connectivity index (χ0v) is 15.6. The highest BCUT2D eigenvalue weighted by atomic mass is 19.1. The monoisotopic (exact) mass is 378 g/mol. The molecule has 3 rings (SSSR count). The van der Waals surface area contributed by atoms with Crippen LogP contribution in [0.3, 0.4) is 0 Å². The summed E-state index contributed by atoms with van der Waals surface area (Å²) in [5.74, 6) is -0.193. The number of aliphatic hydroxyl groups excluding tert-OH is 1. The molecule has 0 spiro atoms. The first-order chi connectivity index (χ1) is 13.0. The summed E-state index contributed by atoms with van der Waals surface area (Å²) in [6, 6.07) is 4.35. The molecular weight excluding hydrogens is 351 g/mol. The number of amides is 2. The topological polar surface area (TPSA) is 78.9 Å². The van der Waals surface area contributed by atoms with Gasteiger partial charge in [0.15, 0.2) is 11.6 Å². The third-order valence-electron chi connectivity index (χ3n) is 5.48. The summed E-state index contributed by atoms with van der Waals surface area (Å²) in [7, 11) is 1.41. The Morgan fingerprint density at radius 3 is 2.81 bits per heavy atom. The van der Waals surface area contributed by atoms with Gasteiger partial charge in [0.25, 0.3) is 0 Å². The zero-order chi connectivity index (χ0) is 19.4. The zero-order valence-electron chi connectivity index (χ0n) is 15.6. The van der Waals surface area contributed by atoms with E-state index in [9.17, 15) is 19.1 Å². The lowest BCUT2D eigenvalue weighted by atomic mass is 9.75. The second kappa shape index (κ2) is 8.69. The maximum absolute atomic E-state index is 14.1. The number of aliphatic hydroxyl groups is 1. The number of nitrogens with one attached hydrogen (secondary N) is 1. The van der Waals surface area contributed by atoms with Crippen molar-refractivity contribution in [2.75, 3.05) is 20.2 Å². The maximum Gasteiger partial charge on any atom is 0.222 e. The van der Waals surface area contributed by atoms with Gasteiger partial charge in [0.1, 0.15) is 0 Å². The summed E-state index contributed by atoms with van der Waals surface area (Å²) in [5, 5.41) is 12.6. The molecule has 27 heavy (non-hydrogen) atoms. The molecule has 1 saturated heterocycles. The Morgan fingerprint density at radius 2 is 2.22 bits per heavy atom. The van der Waals surface area contributed by atoms with Crippen LogP contribution in [0.15, 0.2) is 18.2 Å². The fourth-order valence-corrected chi connectivity index (χ4v) is 3.87. The molecule has 0 aromatic heterocycles. The number of halogens is 1. The highest BCUT2D eigenvalue weighted by molar-refractivity contribution is 5.78. The lowest BCUT2D eigenvalue weighted by Crippen LogP contribution is -2.41. The number of nitrogens with zero attached hydrogens (tertiary/aromatic N) is 1. The van der Waals surface area contributed by atoms with E-state index in [0.29, 0.717) is 44.2 Å². The van der Waals surface area contributed by atoms with E-state index in [1.165, 1.54) is 13.2 Å². The second-order valence-electron chi connectivity index (χ2n) is 7.41. The summed E-state index contributed by atoms with van der Waals surface area (Å²) in [6.07, 6.45) is 3.21. The summed E-state index contributed by atoms with van der Waals surface area (Å²) in [6.45, 7) is 1.37. The fourth-order valence-electron chi connectivity index (χ4n) is 3.87. The average molecular weight is 378 g/mol. The first kappa shape index (κ1) is 19.6. The normalized spacial score (nSPS) is 23.1. The second-order valence-corrected chi connectivity index (χ2v) is 7.41. The van der Waals surface area contributed by atoms with Gasteiger partial charge in [-0.1, -0.05) is 6.07 Å². The molecule has 1 saturated carbocycles. The SMILES string of the molecule is COc1ccc(C(NC(=O)CCCN2CCCC2=O)C2CC(O)C2)cc1F. The fraction of sp³-hybridized carbons (Fsp3) is 0.600. The van der Waals surface area contributed by atoms with Crippen LogP contribution in [-0.4, -0.2) is 48.1 Å². The van der Waals surface area contributed by atoms with Crippen LogP contribution in [0.5, 0.6) is 5.75 Å². The summed E-state index contributed by atoms with van der Waals surface area (Å²) >= 11 is 0. The van der Waals surface area contributed by atoms with Gasteiger partial charge in [0.2, 0.25) is 11.8 Å². The van der Waals surface area contributed by atoms with Crippen LogP contribution in [0.1, 0.15) is 50.1 Å². The minimum Gasteiger partial charge on any atom is -0.494 e. The Morgan fingerprint density at radius 1 is 1.44 bits per heavy atom. The van der Waals surface area contributed by atoms with Crippen LogP contribution in [0.25, 0.3) is 0 Å². The molecule has 1 heterocycles. The molecule has 7 heteroatoms. The van der Waals surface area contributed by atoms with Gasteiger partial charge in [0.05, 0.1) is 19.3 Å². The molecule has 148 valence electrons.